The second kappa shape index (κ2) is 11.8. The minimum Gasteiger partial charge on any atom is -0.0622 e. The Morgan fingerprint density at radius 1 is 0.208 bits per heavy atom. The summed E-state index contributed by atoms with van der Waals surface area (Å²) in [6, 6.07) is 70.8. The van der Waals surface area contributed by atoms with Gasteiger partial charge in [-0.1, -0.05) is 170 Å². The summed E-state index contributed by atoms with van der Waals surface area (Å²) < 4.78 is 0. The van der Waals surface area contributed by atoms with Crippen LogP contribution in [0, 0.1) is 0 Å². The summed E-state index contributed by atoms with van der Waals surface area (Å²) in [5, 5.41) is 7.49. The van der Waals surface area contributed by atoms with Gasteiger partial charge in [0.15, 0.2) is 0 Å². The van der Waals surface area contributed by atoms with Crippen LogP contribution in [0.15, 0.2) is 194 Å². The lowest BCUT2D eigenvalue weighted by atomic mass is 9.82. The molecule has 0 saturated heterocycles. The molecule has 48 heavy (non-hydrogen) atoms. The van der Waals surface area contributed by atoms with Gasteiger partial charge in [-0.15, -0.1) is 0 Å². The zero-order chi connectivity index (χ0) is 31.9. The van der Waals surface area contributed by atoms with E-state index in [9.17, 15) is 0 Å². The molecule has 0 N–H and O–H groups in total. The first kappa shape index (κ1) is 28.0. The highest BCUT2D eigenvalue weighted by atomic mass is 14.2. The number of rotatable bonds is 5. The molecule has 9 aromatic rings. The molecule has 9 aromatic carbocycles. The topological polar surface area (TPSA) is 0 Å². The second-order valence-electron chi connectivity index (χ2n) is 12.5. The molecule has 0 aliphatic heterocycles. The molecular weight excluding hydrogens is 577 g/mol. The molecule has 9 rings (SSSR count). The molecule has 0 saturated carbocycles. The Balaban J connectivity index is 1.43. The van der Waals surface area contributed by atoms with Crippen molar-refractivity contribution in [2.45, 2.75) is 0 Å². The average Bonchev–Trinajstić information content (AvgIpc) is 3.17. The molecule has 0 radical (unpaired) electrons. The van der Waals surface area contributed by atoms with Crippen LogP contribution < -0.4 is 0 Å². The van der Waals surface area contributed by atoms with E-state index in [1.807, 2.05) is 0 Å². The summed E-state index contributed by atoms with van der Waals surface area (Å²) in [5.74, 6) is 0. The summed E-state index contributed by atoms with van der Waals surface area (Å²) >= 11 is 0. The molecule has 0 spiro atoms. The molecule has 0 bridgehead atoms. The summed E-state index contributed by atoms with van der Waals surface area (Å²) in [4.78, 5) is 0. The molecule has 0 atom stereocenters. The molecule has 0 nitrogen and oxygen atoms in total. The minimum atomic E-state index is 1.21. The number of fused-ring (bicyclic) bond motifs is 3. The molecule has 0 fully saturated rings. The summed E-state index contributed by atoms with van der Waals surface area (Å²) in [6.45, 7) is 0. The van der Waals surface area contributed by atoms with Crippen LogP contribution in [-0.2, 0) is 0 Å². The van der Waals surface area contributed by atoms with E-state index in [2.05, 4.69) is 194 Å². The third-order valence-electron chi connectivity index (χ3n) is 9.63. The largest absolute Gasteiger partial charge is 0.0622 e. The Hall–Kier alpha value is -6.24. The molecule has 0 aromatic heterocycles. The molecule has 0 heteroatoms. The van der Waals surface area contributed by atoms with Gasteiger partial charge >= 0.3 is 0 Å². The van der Waals surface area contributed by atoms with Gasteiger partial charge in [-0.25, -0.2) is 0 Å². The maximum atomic E-state index is 2.42. The number of hydrogen-bond donors (Lipinski definition) is 0. The fourth-order valence-corrected chi connectivity index (χ4v) is 7.38. The first-order valence-electron chi connectivity index (χ1n) is 16.6. The van der Waals surface area contributed by atoms with Gasteiger partial charge in [0.1, 0.15) is 0 Å². The van der Waals surface area contributed by atoms with Crippen LogP contribution in [0.25, 0.3) is 88.0 Å². The highest BCUT2D eigenvalue weighted by Gasteiger charge is 2.20. The Morgan fingerprint density at radius 3 is 1.31 bits per heavy atom. The molecule has 0 amide bonds. The van der Waals surface area contributed by atoms with Gasteiger partial charge in [-0.05, 0) is 112 Å². The Kier molecular flexibility index (Phi) is 6.91. The zero-order valence-corrected chi connectivity index (χ0v) is 26.5. The maximum absolute atomic E-state index is 2.42. The van der Waals surface area contributed by atoms with E-state index in [1.54, 1.807) is 0 Å². The fraction of sp³-hybridized carbons (Fsp3) is 0. The van der Waals surface area contributed by atoms with Gasteiger partial charge in [-0.2, -0.15) is 0 Å². The van der Waals surface area contributed by atoms with Gasteiger partial charge in [0.2, 0.25) is 0 Å². The highest BCUT2D eigenvalue weighted by Crippen LogP contribution is 2.48. The number of hydrogen-bond acceptors (Lipinski definition) is 0. The average molecular weight is 609 g/mol. The van der Waals surface area contributed by atoms with Crippen molar-refractivity contribution >= 4 is 32.3 Å². The van der Waals surface area contributed by atoms with Crippen LogP contribution in [0.3, 0.4) is 0 Å². The van der Waals surface area contributed by atoms with Crippen LogP contribution in [0.2, 0.25) is 0 Å². The van der Waals surface area contributed by atoms with E-state index in [0.29, 0.717) is 0 Å². The van der Waals surface area contributed by atoms with Crippen molar-refractivity contribution in [1.82, 2.24) is 0 Å². The lowest BCUT2D eigenvalue weighted by Gasteiger charge is -2.21. The van der Waals surface area contributed by atoms with E-state index >= 15 is 0 Å². The smallest absolute Gasteiger partial charge is 0.00197 e. The van der Waals surface area contributed by atoms with Gasteiger partial charge in [-0.3, -0.25) is 0 Å². The van der Waals surface area contributed by atoms with Crippen LogP contribution >= 0.6 is 0 Å². The van der Waals surface area contributed by atoms with E-state index in [-0.39, 0.29) is 0 Å². The third-order valence-corrected chi connectivity index (χ3v) is 9.63. The van der Waals surface area contributed by atoms with E-state index < -0.39 is 0 Å². The van der Waals surface area contributed by atoms with Crippen molar-refractivity contribution in [3.8, 4) is 55.6 Å². The van der Waals surface area contributed by atoms with Crippen LogP contribution in [0.4, 0.5) is 0 Å². The minimum absolute atomic E-state index is 1.21. The van der Waals surface area contributed by atoms with Crippen molar-refractivity contribution in [2.24, 2.45) is 0 Å². The zero-order valence-electron chi connectivity index (χ0n) is 26.5. The predicted molar refractivity (Wildman–Crippen MR) is 206 cm³/mol. The quantitative estimate of drug-likeness (QED) is 0.171. The van der Waals surface area contributed by atoms with E-state index in [4.69, 9.17) is 0 Å². The first-order chi connectivity index (χ1) is 23.8. The van der Waals surface area contributed by atoms with Crippen molar-refractivity contribution in [3.63, 3.8) is 0 Å². The second-order valence-corrected chi connectivity index (χ2v) is 12.5. The van der Waals surface area contributed by atoms with E-state index in [0.717, 1.165) is 0 Å². The van der Waals surface area contributed by atoms with Crippen LogP contribution in [0.1, 0.15) is 0 Å². The Bertz CT molecular complexity index is 2580. The van der Waals surface area contributed by atoms with Gasteiger partial charge in [0.25, 0.3) is 0 Å². The molecule has 0 aliphatic rings. The Morgan fingerprint density at radius 2 is 0.667 bits per heavy atom. The van der Waals surface area contributed by atoms with Gasteiger partial charge < -0.3 is 0 Å². The van der Waals surface area contributed by atoms with Crippen molar-refractivity contribution in [2.75, 3.05) is 0 Å². The van der Waals surface area contributed by atoms with Crippen molar-refractivity contribution in [3.05, 3.63) is 194 Å². The van der Waals surface area contributed by atoms with Crippen molar-refractivity contribution in [1.29, 1.82) is 0 Å². The standard InChI is InChI=1S/C48H32/c1-4-15-33(16-5-1)36-23-14-24-40(29-36)47-41-25-12-13-26-42(41)48(45-32-39(27-28-43(45)47)34-17-6-2-7-18-34)46-31-38-22-11-10-21-37(38)30-44(46)35-19-8-3-9-20-35/h1-32H. The van der Waals surface area contributed by atoms with Crippen LogP contribution in [-0.4, -0.2) is 0 Å². The predicted octanol–water partition coefficient (Wildman–Crippen LogP) is 13.5. The normalized spacial score (nSPS) is 11.3. The molecule has 224 valence electrons. The lowest BCUT2D eigenvalue weighted by molar-refractivity contribution is 1.60. The SMILES string of the molecule is c1ccc(-c2cccc(-c3c4ccccc4c(-c4cc5ccccc5cc4-c4ccccc4)c4cc(-c5ccccc5)ccc34)c2)cc1. The monoisotopic (exact) mass is 608 g/mol. The van der Waals surface area contributed by atoms with Crippen molar-refractivity contribution < 1.29 is 0 Å². The fourth-order valence-electron chi connectivity index (χ4n) is 7.38. The highest BCUT2D eigenvalue weighted by molar-refractivity contribution is 6.23. The number of benzene rings is 9. The lowest BCUT2D eigenvalue weighted by Crippen LogP contribution is -1.94. The summed E-state index contributed by atoms with van der Waals surface area (Å²) in [5.41, 5.74) is 12.3. The van der Waals surface area contributed by atoms with Gasteiger partial charge in [0, 0.05) is 0 Å². The summed E-state index contributed by atoms with van der Waals surface area (Å²) in [7, 11) is 0. The maximum Gasteiger partial charge on any atom is -0.00197 e. The summed E-state index contributed by atoms with van der Waals surface area (Å²) in [6.07, 6.45) is 0. The first-order valence-corrected chi connectivity index (χ1v) is 16.6. The van der Waals surface area contributed by atoms with Crippen LogP contribution in [0.5, 0.6) is 0 Å². The van der Waals surface area contributed by atoms with E-state index in [1.165, 1.54) is 88.0 Å². The van der Waals surface area contributed by atoms with Gasteiger partial charge in [0.05, 0.1) is 0 Å². The molecule has 0 aliphatic carbocycles. The molecule has 0 unspecified atom stereocenters. The Labute approximate surface area is 281 Å². The molecule has 0 heterocycles. The third kappa shape index (κ3) is 4.87. The molecular formula is C48H32.